The van der Waals surface area contributed by atoms with Gasteiger partial charge in [0, 0.05) is 25.9 Å². The number of carbonyl (C=O) groups is 2. The molecule has 1 unspecified atom stereocenters. The second-order valence-electron chi connectivity index (χ2n) is 5.70. The average Bonchev–Trinajstić information content (AvgIpc) is 2.91. The van der Waals surface area contributed by atoms with Gasteiger partial charge in [-0.2, -0.15) is 0 Å². The first-order chi connectivity index (χ1) is 10.6. The minimum atomic E-state index is -0.851. The van der Waals surface area contributed by atoms with Crippen molar-refractivity contribution in [2.45, 2.75) is 32.6 Å². The second kappa shape index (κ2) is 7.82. The van der Waals surface area contributed by atoms with E-state index in [1.165, 1.54) is 17.4 Å². The molecule has 0 aromatic heterocycles. The van der Waals surface area contributed by atoms with Gasteiger partial charge in [-0.15, -0.1) is 0 Å². The van der Waals surface area contributed by atoms with Gasteiger partial charge in [-0.1, -0.05) is 24.3 Å². The van der Waals surface area contributed by atoms with E-state index in [-0.39, 0.29) is 5.97 Å². The van der Waals surface area contributed by atoms with E-state index in [0.29, 0.717) is 25.6 Å². The van der Waals surface area contributed by atoms with Gasteiger partial charge in [-0.3, -0.25) is 4.79 Å². The number of amides is 1. The van der Waals surface area contributed by atoms with Crippen molar-refractivity contribution in [2.24, 2.45) is 5.92 Å². The fourth-order valence-corrected chi connectivity index (χ4v) is 2.86. The Bertz CT molecular complexity index is 519. The predicted octanol–water partition coefficient (Wildman–Crippen LogP) is 3.14. The SMILES string of the molecule is CC(=O)OCCCCC=CC1CC=CC2=C1CN(C(=O)O)C2. The van der Waals surface area contributed by atoms with Crippen LogP contribution in [-0.4, -0.2) is 41.8 Å². The van der Waals surface area contributed by atoms with E-state index in [0.717, 1.165) is 31.3 Å². The summed E-state index contributed by atoms with van der Waals surface area (Å²) in [7, 11) is 0. The van der Waals surface area contributed by atoms with E-state index in [9.17, 15) is 9.59 Å². The predicted molar refractivity (Wildman–Crippen MR) is 83.5 cm³/mol. The van der Waals surface area contributed by atoms with Crippen LogP contribution in [0.1, 0.15) is 32.6 Å². The molecule has 0 spiro atoms. The van der Waals surface area contributed by atoms with Gasteiger partial charge in [-0.05, 0) is 36.8 Å². The number of nitrogens with zero attached hydrogens (tertiary/aromatic N) is 1. The van der Waals surface area contributed by atoms with Crippen molar-refractivity contribution in [3.8, 4) is 0 Å². The zero-order valence-electron chi connectivity index (χ0n) is 13.0. The summed E-state index contributed by atoms with van der Waals surface area (Å²) in [5, 5.41) is 9.10. The highest BCUT2D eigenvalue weighted by Crippen LogP contribution is 2.32. The van der Waals surface area contributed by atoms with Crippen molar-refractivity contribution in [3.05, 3.63) is 35.5 Å². The van der Waals surface area contributed by atoms with Gasteiger partial charge in [0.2, 0.25) is 0 Å². The Morgan fingerprint density at radius 2 is 2.23 bits per heavy atom. The molecule has 0 saturated carbocycles. The number of ether oxygens (including phenoxy) is 1. The molecule has 0 aromatic carbocycles. The summed E-state index contributed by atoms with van der Waals surface area (Å²) in [5.74, 6) is 0.0889. The number of hydrogen-bond donors (Lipinski definition) is 1. The van der Waals surface area contributed by atoms with Crippen LogP contribution in [0.4, 0.5) is 4.79 Å². The maximum Gasteiger partial charge on any atom is 0.407 e. The molecule has 2 aliphatic rings. The molecular formula is C17H23NO4. The third-order valence-electron chi connectivity index (χ3n) is 4.00. The van der Waals surface area contributed by atoms with E-state index < -0.39 is 6.09 Å². The Kier molecular flexibility index (Phi) is 5.81. The highest BCUT2D eigenvalue weighted by Gasteiger charge is 2.29. The number of hydrogen-bond acceptors (Lipinski definition) is 3. The number of esters is 1. The van der Waals surface area contributed by atoms with Crippen LogP contribution < -0.4 is 0 Å². The number of carboxylic acid groups (broad SMARTS) is 1. The first kappa shape index (κ1) is 16.3. The summed E-state index contributed by atoms with van der Waals surface area (Å²) in [6.07, 6.45) is 11.4. The van der Waals surface area contributed by atoms with Gasteiger partial charge in [0.05, 0.1) is 6.61 Å². The minimum absolute atomic E-state index is 0.229. The lowest BCUT2D eigenvalue weighted by Crippen LogP contribution is -2.27. The number of rotatable bonds is 6. The topological polar surface area (TPSA) is 66.8 Å². The molecule has 2 rings (SSSR count). The molecule has 5 heteroatoms. The van der Waals surface area contributed by atoms with Crippen LogP contribution in [0.3, 0.4) is 0 Å². The quantitative estimate of drug-likeness (QED) is 0.465. The monoisotopic (exact) mass is 305 g/mol. The molecule has 1 heterocycles. The molecule has 1 N–H and O–H groups in total. The van der Waals surface area contributed by atoms with E-state index in [4.69, 9.17) is 9.84 Å². The standard InChI is InChI=1S/C17H23NO4/c1-13(19)22-10-5-3-2-4-7-14-8-6-9-15-11-18(17(20)21)12-16(14)15/h4,6-7,9,14H,2-3,5,8,10-12H2,1H3,(H,20,21). The Balaban J connectivity index is 1.76. The van der Waals surface area contributed by atoms with Gasteiger partial charge in [0.15, 0.2) is 0 Å². The fraction of sp³-hybridized carbons (Fsp3) is 0.529. The Labute approximate surface area is 130 Å². The molecule has 1 aliphatic heterocycles. The lowest BCUT2D eigenvalue weighted by Gasteiger charge is -2.17. The normalized spacial score (nSPS) is 20.6. The maximum absolute atomic E-state index is 11.1. The minimum Gasteiger partial charge on any atom is -0.466 e. The van der Waals surface area contributed by atoms with Crippen LogP contribution in [0.25, 0.3) is 0 Å². The van der Waals surface area contributed by atoms with Crippen LogP contribution >= 0.6 is 0 Å². The summed E-state index contributed by atoms with van der Waals surface area (Å²) >= 11 is 0. The highest BCUT2D eigenvalue weighted by atomic mass is 16.5. The maximum atomic E-state index is 11.1. The molecule has 1 amide bonds. The van der Waals surface area contributed by atoms with Crippen molar-refractivity contribution in [2.75, 3.05) is 19.7 Å². The van der Waals surface area contributed by atoms with Crippen molar-refractivity contribution < 1.29 is 19.4 Å². The van der Waals surface area contributed by atoms with E-state index in [1.807, 2.05) is 0 Å². The third-order valence-corrected chi connectivity index (χ3v) is 4.00. The molecule has 120 valence electrons. The second-order valence-corrected chi connectivity index (χ2v) is 5.70. The molecule has 0 fully saturated rings. The molecule has 1 atom stereocenters. The van der Waals surface area contributed by atoms with Gasteiger partial charge in [0.1, 0.15) is 0 Å². The number of unbranched alkanes of at least 4 members (excludes halogenated alkanes) is 2. The summed E-state index contributed by atoms with van der Waals surface area (Å²) in [4.78, 5) is 23.2. The largest absolute Gasteiger partial charge is 0.466 e. The number of carbonyl (C=O) groups excluding carboxylic acids is 1. The molecular weight excluding hydrogens is 282 g/mol. The lowest BCUT2D eigenvalue weighted by molar-refractivity contribution is -0.141. The first-order valence-electron chi connectivity index (χ1n) is 7.74. The smallest absolute Gasteiger partial charge is 0.407 e. The molecule has 5 nitrogen and oxygen atoms in total. The van der Waals surface area contributed by atoms with Crippen LogP contribution in [0, 0.1) is 5.92 Å². The Morgan fingerprint density at radius 1 is 1.41 bits per heavy atom. The Hall–Kier alpha value is -2.04. The van der Waals surface area contributed by atoms with E-state index in [1.54, 1.807) is 0 Å². The van der Waals surface area contributed by atoms with Gasteiger partial charge in [-0.25, -0.2) is 4.79 Å². The molecule has 1 aliphatic carbocycles. The number of allylic oxidation sites excluding steroid dienone is 3. The zero-order valence-corrected chi connectivity index (χ0v) is 13.0. The molecule has 0 saturated heterocycles. The average molecular weight is 305 g/mol. The summed E-state index contributed by atoms with van der Waals surface area (Å²) in [5.41, 5.74) is 2.39. The van der Waals surface area contributed by atoms with Crippen molar-refractivity contribution in [1.82, 2.24) is 4.90 Å². The van der Waals surface area contributed by atoms with Crippen molar-refractivity contribution in [1.29, 1.82) is 0 Å². The lowest BCUT2D eigenvalue weighted by atomic mass is 9.88. The molecule has 0 aromatic rings. The van der Waals surface area contributed by atoms with Gasteiger partial charge >= 0.3 is 12.1 Å². The third kappa shape index (κ3) is 4.48. The molecule has 0 bridgehead atoms. The van der Waals surface area contributed by atoms with Crippen LogP contribution in [-0.2, 0) is 9.53 Å². The highest BCUT2D eigenvalue weighted by molar-refractivity contribution is 5.68. The van der Waals surface area contributed by atoms with E-state index >= 15 is 0 Å². The van der Waals surface area contributed by atoms with Crippen molar-refractivity contribution >= 4 is 12.1 Å². The van der Waals surface area contributed by atoms with Crippen LogP contribution in [0.5, 0.6) is 0 Å². The van der Waals surface area contributed by atoms with Crippen molar-refractivity contribution in [3.63, 3.8) is 0 Å². The molecule has 0 radical (unpaired) electrons. The van der Waals surface area contributed by atoms with Crippen LogP contribution in [0.2, 0.25) is 0 Å². The fourth-order valence-electron chi connectivity index (χ4n) is 2.86. The summed E-state index contributed by atoms with van der Waals surface area (Å²) < 4.78 is 4.89. The Morgan fingerprint density at radius 3 is 2.95 bits per heavy atom. The zero-order chi connectivity index (χ0) is 15.9. The first-order valence-corrected chi connectivity index (χ1v) is 7.74. The van der Waals surface area contributed by atoms with Crippen LogP contribution in [0.15, 0.2) is 35.5 Å². The van der Waals surface area contributed by atoms with E-state index in [2.05, 4.69) is 24.3 Å². The molecule has 22 heavy (non-hydrogen) atoms. The van der Waals surface area contributed by atoms with Gasteiger partial charge in [0.25, 0.3) is 0 Å². The van der Waals surface area contributed by atoms with Gasteiger partial charge < -0.3 is 14.7 Å². The summed E-state index contributed by atoms with van der Waals surface area (Å²) in [6.45, 7) is 2.94. The summed E-state index contributed by atoms with van der Waals surface area (Å²) in [6, 6.07) is 0.